The van der Waals surface area contributed by atoms with Crippen LogP contribution in [0.5, 0.6) is 0 Å². The molecule has 0 atom stereocenters. The Morgan fingerprint density at radius 1 is 0.194 bits per heavy atom. The number of pyridine rings is 6. The van der Waals surface area contributed by atoms with E-state index in [2.05, 4.69) is 261 Å². The summed E-state index contributed by atoms with van der Waals surface area (Å²) in [5.74, 6) is 0. The summed E-state index contributed by atoms with van der Waals surface area (Å²) in [6.07, 6.45) is 0. The van der Waals surface area contributed by atoms with Crippen molar-refractivity contribution in [2.45, 2.75) is 118 Å². The molecule has 0 unspecified atom stereocenters. The molecule has 0 amide bonds. The standard InChI is InChI=1S/C60H78N6Si6/c1-67(2,3)37-43-44(38-68(4,5)6)50-26-20-32-57(62-50)58-34-22-28-52(64-58)47(41-71(13,14)15)48(42-72(16,17)18)54-30-24-36-60(66-54)59-35-23-29-53(65-59)46(40-70(10,11)12)45(39-69(7,8)9)51-27-21-33-56(63-51)55-31-19-25-49(43)61-55/h19-42H,1-18H3. The maximum atomic E-state index is 5.55. The van der Waals surface area contributed by atoms with Crippen LogP contribution in [0.25, 0.3) is 67.6 Å². The summed E-state index contributed by atoms with van der Waals surface area (Å²) in [5.41, 5.74) is 32.3. The zero-order chi connectivity index (χ0) is 52.6. The quantitative estimate of drug-likeness (QED) is 0.155. The number of rotatable bonds is 6. The molecule has 0 aliphatic carbocycles. The monoisotopic (exact) mass is 1050 g/mol. The van der Waals surface area contributed by atoms with Crippen LogP contribution in [0.3, 0.4) is 0 Å². The van der Waals surface area contributed by atoms with E-state index in [1.807, 2.05) is 0 Å². The highest BCUT2D eigenvalue weighted by molar-refractivity contribution is 6.85. The van der Waals surface area contributed by atoms with Gasteiger partial charge in [0.1, 0.15) is 0 Å². The van der Waals surface area contributed by atoms with E-state index in [9.17, 15) is 0 Å². The van der Waals surface area contributed by atoms with Crippen molar-refractivity contribution < 1.29 is 0 Å². The number of nitrogens with zero attached hydrogens (tertiary/aromatic N) is 6. The van der Waals surface area contributed by atoms with Gasteiger partial charge in [0.05, 0.1) is 117 Å². The van der Waals surface area contributed by atoms with Gasteiger partial charge in [0.2, 0.25) is 0 Å². The van der Waals surface area contributed by atoms with Gasteiger partial charge in [-0.1, -0.05) is 188 Å². The number of hydrogen-bond donors (Lipinski definition) is 0. The van der Waals surface area contributed by atoms with Gasteiger partial charge in [-0.25, -0.2) is 29.9 Å². The topological polar surface area (TPSA) is 77.3 Å². The zero-order valence-corrected chi connectivity index (χ0v) is 52.5. The molecule has 12 heteroatoms. The van der Waals surface area contributed by atoms with Gasteiger partial charge < -0.3 is 0 Å². The Kier molecular flexibility index (Phi) is 15.8. The van der Waals surface area contributed by atoms with Crippen LogP contribution in [-0.2, 0) is 0 Å². The van der Waals surface area contributed by atoms with Crippen molar-refractivity contribution in [2.75, 3.05) is 0 Å². The highest BCUT2D eigenvalue weighted by atomic mass is 28.3. The SMILES string of the molecule is C[Si](C)(C)C=C1C(=C[Si](C)(C)C)c2cccc(n2)-c2cccc(n2)C(=C[Si](C)(C)C)C(=C[Si](C)(C)C)c2cccc(n2)-c2cccc(n2)C(=C[Si](C)(C)C)C(=C[Si](C)(C)C)c2cccc(n2)-c2cccc1n2. The first-order valence-corrected chi connectivity index (χ1v) is 47.1. The van der Waals surface area contributed by atoms with Crippen LogP contribution in [0.1, 0.15) is 34.2 Å². The number of allylic oxidation sites excluding steroid dienone is 6. The molecule has 1 aliphatic rings. The van der Waals surface area contributed by atoms with Gasteiger partial charge in [-0.05, 0) is 72.8 Å². The van der Waals surface area contributed by atoms with Crippen molar-refractivity contribution in [1.29, 1.82) is 0 Å². The Balaban J connectivity index is 1.62. The molecule has 12 bridgehead atoms. The van der Waals surface area contributed by atoms with Crippen LogP contribution in [0.4, 0.5) is 0 Å². The molecule has 0 saturated carbocycles. The Hall–Kier alpha value is -5.36. The van der Waals surface area contributed by atoms with Crippen LogP contribution in [0, 0.1) is 0 Å². The smallest absolute Gasteiger partial charge is 0.0893 e. The summed E-state index contributed by atoms with van der Waals surface area (Å²) in [7, 11) is -11.2. The molecule has 6 aromatic heterocycles. The normalized spacial score (nSPS) is 17.8. The van der Waals surface area contributed by atoms with E-state index in [4.69, 9.17) is 29.9 Å². The number of hydrogen-bond acceptors (Lipinski definition) is 6. The number of aromatic nitrogens is 6. The summed E-state index contributed by atoms with van der Waals surface area (Å²) in [6, 6.07) is 38.5. The first kappa shape index (κ1) is 54.4. The molecule has 1 aliphatic heterocycles. The lowest BCUT2D eigenvalue weighted by atomic mass is 9.99. The molecular formula is C60H78N6Si6. The Bertz CT molecular complexity index is 2640. The Morgan fingerprint density at radius 3 is 0.417 bits per heavy atom. The molecule has 72 heavy (non-hydrogen) atoms. The van der Waals surface area contributed by atoms with Crippen LogP contribution in [0.2, 0.25) is 118 Å². The zero-order valence-electron chi connectivity index (χ0n) is 46.5. The highest BCUT2D eigenvalue weighted by Gasteiger charge is 2.27. The predicted octanol–water partition coefficient (Wildman–Crippen LogP) is 17.0. The highest BCUT2D eigenvalue weighted by Crippen LogP contribution is 2.39. The van der Waals surface area contributed by atoms with Crippen molar-refractivity contribution in [2.24, 2.45) is 0 Å². The third kappa shape index (κ3) is 14.9. The van der Waals surface area contributed by atoms with Crippen molar-refractivity contribution in [3.8, 4) is 34.2 Å². The fraction of sp³-hybridized carbons (Fsp3) is 0.300. The average Bonchev–Trinajstić information content (AvgIpc) is 3.28. The molecule has 6 aromatic rings. The maximum absolute atomic E-state index is 5.55. The van der Waals surface area contributed by atoms with E-state index < -0.39 is 48.4 Å². The second-order valence-corrected chi connectivity index (χ2v) is 56.1. The van der Waals surface area contributed by atoms with Gasteiger partial charge in [-0.2, -0.15) is 0 Å². The lowest BCUT2D eigenvalue weighted by molar-refractivity contribution is 1.19. The van der Waals surface area contributed by atoms with Gasteiger partial charge in [-0.15, -0.1) is 0 Å². The molecule has 6 nitrogen and oxygen atoms in total. The molecule has 0 fully saturated rings. The summed E-state index contributed by atoms with van der Waals surface area (Å²) in [5, 5.41) is 0. The molecular weight excluding hydrogens is 973 g/mol. The van der Waals surface area contributed by atoms with Crippen LogP contribution < -0.4 is 0 Å². The number of fused-ring (bicyclic) bond motifs is 15. The Morgan fingerprint density at radius 2 is 0.306 bits per heavy atom. The van der Waals surface area contributed by atoms with E-state index in [1.165, 1.54) is 0 Å². The first-order valence-electron chi connectivity index (χ1n) is 25.6. The lowest BCUT2D eigenvalue weighted by Crippen LogP contribution is -2.20. The van der Waals surface area contributed by atoms with E-state index in [0.29, 0.717) is 0 Å². The molecule has 0 aromatic carbocycles. The summed E-state index contributed by atoms with van der Waals surface area (Å²) in [6.45, 7) is 43.2. The molecule has 7 rings (SSSR count). The summed E-state index contributed by atoms with van der Waals surface area (Å²) < 4.78 is 0. The second-order valence-electron chi connectivity index (χ2n) is 26.0. The maximum Gasteiger partial charge on any atom is 0.0893 e. The molecule has 7 heterocycles. The van der Waals surface area contributed by atoms with Crippen LogP contribution in [0.15, 0.2) is 143 Å². The third-order valence-electron chi connectivity index (χ3n) is 11.3. The van der Waals surface area contributed by atoms with Gasteiger partial charge in [-0.3, -0.25) is 0 Å². The lowest BCUT2D eigenvalue weighted by Gasteiger charge is -2.22. The molecule has 0 radical (unpaired) electrons. The fourth-order valence-corrected chi connectivity index (χ4v) is 15.7. The van der Waals surface area contributed by atoms with E-state index >= 15 is 0 Å². The molecule has 0 N–H and O–H groups in total. The van der Waals surface area contributed by atoms with E-state index in [0.717, 1.165) is 102 Å². The minimum atomic E-state index is -1.86. The molecule has 0 saturated heterocycles. The summed E-state index contributed by atoms with van der Waals surface area (Å²) >= 11 is 0. The van der Waals surface area contributed by atoms with E-state index in [-0.39, 0.29) is 0 Å². The predicted molar refractivity (Wildman–Crippen MR) is 330 cm³/mol. The minimum Gasteiger partial charge on any atom is -0.246 e. The summed E-state index contributed by atoms with van der Waals surface area (Å²) in [4.78, 5) is 33.3. The van der Waals surface area contributed by atoms with Gasteiger partial charge >= 0.3 is 0 Å². The first-order chi connectivity index (χ1) is 33.4. The molecule has 372 valence electrons. The fourth-order valence-electron chi connectivity index (χ4n) is 8.70. The van der Waals surface area contributed by atoms with Gasteiger partial charge in [0, 0.05) is 33.4 Å². The average molecular weight is 1050 g/mol. The second kappa shape index (κ2) is 20.9. The van der Waals surface area contributed by atoms with Crippen molar-refractivity contribution >= 4 is 81.9 Å². The van der Waals surface area contributed by atoms with Crippen LogP contribution in [-0.4, -0.2) is 78.3 Å². The third-order valence-corrected chi connectivity index (χ3v) is 18.2. The van der Waals surface area contributed by atoms with Crippen molar-refractivity contribution in [1.82, 2.24) is 29.9 Å². The molecule has 0 spiro atoms. The van der Waals surface area contributed by atoms with Crippen molar-refractivity contribution in [3.63, 3.8) is 0 Å². The minimum absolute atomic E-state index is 0.833. The van der Waals surface area contributed by atoms with E-state index in [1.54, 1.807) is 0 Å². The van der Waals surface area contributed by atoms with Crippen molar-refractivity contribution in [3.05, 3.63) is 178 Å². The van der Waals surface area contributed by atoms with Crippen LogP contribution >= 0.6 is 0 Å². The Labute approximate surface area is 438 Å². The van der Waals surface area contributed by atoms with Gasteiger partial charge in [0.25, 0.3) is 0 Å². The van der Waals surface area contributed by atoms with Gasteiger partial charge in [0.15, 0.2) is 0 Å². The largest absolute Gasteiger partial charge is 0.246 e.